The molecule has 0 aromatic rings. The van der Waals surface area contributed by atoms with E-state index in [-0.39, 0.29) is 23.0 Å². The molecule has 0 radical (unpaired) electrons. The quantitative estimate of drug-likeness (QED) is 0.407. The maximum atomic E-state index is 11.4. The van der Waals surface area contributed by atoms with Gasteiger partial charge in [-0.2, -0.15) is 0 Å². The lowest BCUT2D eigenvalue weighted by Gasteiger charge is -2.55. The van der Waals surface area contributed by atoms with Crippen LogP contribution in [0.3, 0.4) is 0 Å². The third kappa shape index (κ3) is 1.83. The fourth-order valence-corrected chi connectivity index (χ4v) is 3.62. The van der Waals surface area contributed by atoms with Gasteiger partial charge in [0.2, 0.25) is 5.54 Å². The molecule has 2 bridgehead atoms. The highest BCUT2D eigenvalue weighted by Gasteiger charge is 2.59. The number of hydrogen-bond donors (Lipinski definition) is 3. The molecule has 0 amide bonds. The number of nitrogens with zero attached hydrogens (tertiary/aromatic N) is 2. The first-order valence-corrected chi connectivity index (χ1v) is 6.10. The van der Waals surface area contributed by atoms with E-state index in [0.29, 0.717) is 38.9 Å². The molecule has 7 heteroatoms. The Bertz CT molecular complexity index is 275. The number of nitrogens with two attached hydrogens (primary N) is 3. The van der Waals surface area contributed by atoms with Crippen molar-refractivity contribution in [3.8, 4) is 0 Å². The van der Waals surface area contributed by atoms with Gasteiger partial charge < -0.3 is 17.2 Å². The Labute approximate surface area is 100 Å². The van der Waals surface area contributed by atoms with E-state index in [9.17, 15) is 10.1 Å². The van der Waals surface area contributed by atoms with Crippen LogP contribution in [0, 0.1) is 10.1 Å². The molecule has 0 aromatic carbocycles. The topological polar surface area (TPSA) is 124 Å². The summed E-state index contributed by atoms with van der Waals surface area (Å²) in [5.74, 6) is 0. The van der Waals surface area contributed by atoms with Crippen LogP contribution < -0.4 is 17.2 Å². The average Bonchev–Trinajstić information content (AvgIpc) is 2.37. The van der Waals surface area contributed by atoms with Crippen molar-refractivity contribution in [1.82, 2.24) is 4.90 Å². The van der Waals surface area contributed by atoms with Crippen molar-refractivity contribution in [3.63, 3.8) is 0 Å². The normalized spacial score (nSPS) is 44.9. The summed E-state index contributed by atoms with van der Waals surface area (Å²) in [7, 11) is 0. The van der Waals surface area contributed by atoms with Gasteiger partial charge in [0.25, 0.3) is 0 Å². The molecule has 3 heterocycles. The molecule has 98 valence electrons. The van der Waals surface area contributed by atoms with Crippen LogP contribution in [0.25, 0.3) is 0 Å². The second-order valence-electron chi connectivity index (χ2n) is 5.21. The first-order chi connectivity index (χ1) is 8.07. The minimum Gasteiger partial charge on any atom is -0.329 e. The minimum atomic E-state index is -0.854. The van der Waals surface area contributed by atoms with Crippen LogP contribution >= 0.6 is 0 Å². The Kier molecular flexibility index (Phi) is 3.35. The van der Waals surface area contributed by atoms with Gasteiger partial charge in [-0.05, 0) is 0 Å². The first-order valence-electron chi connectivity index (χ1n) is 6.10. The molecule has 0 aliphatic carbocycles. The van der Waals surface area contributed by atoms with Crippen LogP contribution in [0.2, 0.25) is 0 Å². The van der Waals surface area contributed by atoms with E-state index in [4.69, 9.17) is 17.2 Å². The molecule has 3 saturated heterocycles. The summed E-state index contributed by atoms with van der Waals surface area (Å²) < 4.78 is 0. The van der Waals surface area contributed by atoms with Gasteiger partial charge in [0.15, 0.2) is 0 Å². The molecule has 0 spiro atoms. The number of nitro groups is 1. The van der Waals surface area contributed by atoms with E-state index < -0.39 is 5.54 Å². The minimum absolute atomic E-state index is 0.0463. The standard InChI is InChI=1S/C10H21N5O2/c11-4-7-1-10(15(16)17)2-8(5-12)14(7)9(3-10)6-13/h7-9H,1-6,11-13H2/t7-,8?,9?,10?/m1/s1. The highest BCUT2D eigenvalue weighted by atomic mass is 16.6. The lowest BCUT2D eigenvalue weighted by Crippen LogP contribution is -2.72. The molecule has 3 rings (SSSR count). The van der Waals surface area contributed by atoms with Crippen molar-refractivity contribution in [3.05, 3.63) is 10.1 Å². The molecule has 3 aliphatic rings. The van der Waals surface area contributed by atoms with E-state index in [1.54, 1.807) is 0 Å². The van der Waals surface area contributed by atoms with Gasteiger partial charge in [-0.1, -0.05) is 0 Å². The molecule has 0 aromatic heterocycles. The Morgan fingerprint density at radius 1 is 1.06 bits per heavy atom. The van der Waals surface area contributed by atoms with Crippen molar-refractivity contribution >= 4 is 0 Å². The van der Waals surface area contributed by atoms with E-state index >= 15 is 0 Å². The van der Waals surface area contributed by atoms with Crippen molar-refractivity contribution in [2.24, 2.45) is 17.2 Å². The zero-order chi connectivity index (χ0) is 12.6. The number of fused-ring (bicyclic) bond motifs is 3. The van der Waals surface area contributed by atoms with Gasteiger partial charge in [-0.15, -0.1) is 0 Å². The highest BCUT2D eigenvalue weighted by Crippen LogP contribution is 2.44. The molecular formula is C10H21N5O2. The predicted octanol–water partition coefficient (Wildman–Crippen LogP) is -1.52. The SMILES string of the molecule is NCC1CC2([N+](=O)[O-])CC(CN)N1[C@@H](CN)C2. The summed E-state index contributed by atoms with van der Waals surface area (Å²) in [5, 5.41) is 11.4. The molecule has 2 unspecified atom stereocenters. The van der Waals surface area contributed by atoms with Crippen molar-refractivity contribution in [2.45, 2.75) is 42.9 Å². The largest absolute Gasteiger partial charge is 0.329 e. The zero-order valence-corrected chi connectivity index (χ0v) is 9.92. The van der Waals surface area contributed by atoms with Gasteiger partial charge >= 0.3 is 0 Å². The van der Waals surface area contributed by atoms with Gasteiger partial charge in [-0.25, -0.2) is 0 Å². The van der Waals surface area contributed by atoms with Crippen molar-refractivity contribution in [1.29, 1.82) is 0 Å². The van der Waals surface area contributed by atoms with Crippen LogP contribution in [0.4, 0.5) is 0 Å². The Hall–Kier alpha value is -0.760. The Morgan fingerprint density at radius 2 is 1.41 bits per heavy atom. The van der Waals surface area contributed by atoms with Crippen LogP contribution in [0.5, 0.6) is 0 Å². The van der Waals surface area contributed by atoms with E-state index in [2.05, 4.69) is 4.90 Å². The maximum Gasteiger partial charge on any atom is 0.226 e. The van der Waals surface area contributed by atoms with Gasteiger partial charge in [0, 0.05) is 61.9 Å². The summed E-state index contributed by atoms with van der Waals surface area (Å²) in [5.41, 5.74) is 16.4. The van der Waals surface area contributed by atoms with E-state index in [1.807, 2.05) is 0 Å². The first kappa shape index (κ1) is 12.7. The molecule has 0 saturated carbocycles. The van der Waals surface area contributed by atoms with Crippen LogP contribution in [0.1, 0.15) is 19.3 Å². The molecule has 3 fully saturated rings. The lowest BCUT2D eigenvalue weighted by atomic mass is 9.69. The van der Waals surface area contributed by atoms with Gasteiger partial charge in [0.05, 0.1) is 0 Å². The fraction of sp³-hybridized carbons (Fsp3) is 1.00. The summed E-state index contributed by atoms with van der Waals surface area (Å²) in [6.45, 7) is 1.30. The smallest absolute Gasteiger partial charge is 0.226 e. The van der Waals surface area contributed by atoms with Crippen LogP contribution in [0.15, 0.2) is 0 Å². The summed E-state index contributed by atoms with van der Waals surface area (Å²) in [6.07, 6.45) is 1.59. The molecule has 17 heavy (non-hydrogen) atoms. The molecule has 6 N–H and O–H groups in total. The third-order valence-corrected chi connectivity index (χ3v) is 4.32. The summed E-state index contributed by atoms with van der Waals surface area (Å²) in [6, 6.07) is 0.139. The molecular weight excluding hydrogens is 222 g/mol. The Morgan fingerprint density at radius 3 is 1.65 bits per heavy atom. The van der Waals surface area contributed by atoms with Gasteiger partial charge in [0.1, 0.15) is 0 Å². The monoisotopic (exact) mass is 243 g/mol. The summed E-state index contributed by atoms with van der Waals surface area (Å²) >= 11 is 0. The van der Waals surface area contributed by atoms with Crippen molar-refractivity contribution in [2.75, 3.05) is 19.6 Å². The second kappa shape index (κ2) is 4.49. The van der Waals surface area contributed by atoms with E-state index in [0.717, 1.165) is 0 Å². The fourth-order valence-electron chi connectivity index (χ4n) is 3.62. The third-order valence-electron chi connectivity index (χ3n) is 4.32. The average molecular weight is 243 g/mol. The number of hydrogen-bond acceptors (Lipinski definition) is 6. The Balaban J connectivity index is 2.33. The summed E-state index contributed by atoms with van der Waals surface area (Å²) in [4.78, 5) is 13.5. The molecule has 7 nitrogen and oxygen atoms in total. The van der Waals surface area contributed by atoms with Crippen LogP contribution in [-0.2, 0) is 0 Å². The highest BCUT2D eigenvalue weighted by molar-refractivity contribution is 5.07. The van der Waals surface area contributed by atoms with E-state index in [1.165, 1.54) is 0 Å². The van der Waals surface area contributed by atoms with Gasteiger partial charge in [-0.3, -0.25) is 15.0 Å². The number of rotatable bonds is 4. The second-order valence-corrected chi connectivity index (χ2v) is 5.21. The number of piperidine rings is 3. The lowest BCUT2D eigenvalue weighted by molar-refractivity contribution is -0.588. The zero-order valence-electron chi connectivity index (χ0n) is 9.92. The maximum absolute atomic E-state index is 11.4. The van der Waals surface area contributed by atoms with Crippen molar-refractivity contribution < 1.29 is 4.92 Å². The molecule has 3 aliphatic heterocycles. The predicted molar refractivity (Wildman–Crippen MR) is 63.9 cm³/mol. The molecule has 3 atom stereocenters. The van der Waals surface area contributed by atoms with Crippen LogP contribution in [-0.4, -0.2) is 53.1 Å².